The van der Waals surface area contributed by atoms with Gasteiger partial charge in [-0.15, -0.1) is 46.2 Å². The lowest BCUT2D eigenvalue weighted by atomic mass is 10.0. The maximum absolute atomic E-state index is 13.1. The van der Waals surface area contributed by atoms with Gasteiger partial charge in [-0.1, -0.05) is 10.3 Å². The Kier molecular flexibility index (Phi) is 17.1. The molecule has 25 nitrogen and oxygen atoms in total. The minimum atomic E-state index is -1.28. The number of amides is 4. The van der Waals surface area contributed by atoms with E-state index in [1.165, 1.54) is 74.1 Å². The molecule has 7 N–H and O–H groups in total. The van der Waals surface area contributed by atoms with Crippen molar-refractivity contribution in [2.24, 2.45) is 10.3 Å². The van der Waals surface area contributed by atoms with Gasteiger partial charge in [0, 0.05) is 43.4 Å². The predicted molar refractivity (Wildman–Crippen MR) is 234 cm³/mol. The van der Waals surface area contributed by atoms with Gasteiger partial charge in [-0.25, -0.2) is 24.4 Å². The van der Waals surface area contributed by atoms with E-state index in [1.807, 2.05) is 0 Å². The number of thiazole rings is 2. The molecule has 4 aliphatic rings. The third-order valence-corrected chi connectivity index (χ3v) is 12.9. The lowest BCUT2D eigenvalue weighted by Gasteiger charge is -2.49. The minimum absolute atomic E-state index is 0.0353. The van der Waals surface area contributed by atoms with E-state index < -0.39 is 76.9 Å². The normalized spacial score (nSPS) is 20.9. The average Bonchev–Trinajstić information content (AvgIpc) is 3.89. The highest BCUT2D eigenvalue weighted by Gasteiger charge is 2.56. The zero-order chi connectivity index (χ0) is 47.7. The monoisotopic (exact) mass is 984 g/mol. The molecule has 0 radical (unpaired) electrons. The van der Waals surface area contributed by atoms with Crippen LogP contribution in [0.4, 0.5) is 15.1 Å². The van der Waals surface area contributed by atoms with Crippen LogP contribution in [-0.2, 0) is 62.1 Å². The molecule has 352 valence electrons. The summed E-state index contributed by atoms with van der Waals surface area (Å²) in [5.74, 6) is -3.85. The molecule has 0 bridgehead atoms. The number of β-lactam (4-membered cyclic amide) rings is 2. The summed E-state index contributed by atoms with van der Waals surface area (Å²) in [6.07, 6.45) is -2.71. The van der Waals surface area contributed by atoms with E-state index in [0.29, 0.717) is 22.7 Å². The topological polar surface area (TPSA) is 337 Å². The summed E-state index contributed by atoms with van der Waals surface area (Å²) >= 11 is 4.92. The van der Waals surface area contributed by atoms with E-state index in [-0.39, 0.29) is 57.7 Å². The summed E-state index contributed by atoms with van der Waals surface area (Å²) in [6, 6.07) is -1.86. The van der Waals surface area contributed by atoms with Crippen molar-refractivity contribution in [2.45, 2.75) is 56.0 Å². The highest BCUT2D eigenvalue weighted by Crippen LogP contribution is 2.42. The van der Waals surface area contributed by atoms with Crippen LogP contribution in [0.1, 0.15) is 32.2 Å². The second-order valence-electron chi connectivity index (χ2n) is 13.7. The summed E-state index contributed by atoms with van der Waals surface area (Å²) in [6.45, 7) is 4.79. The molecule has 65 heavy (non-hydrogen) atoms. The molecule has 0 aliphatic carbocycles. The molecule has 1 unspecified atom stereocenters. The van der Waals surface area contributed by atoms with Crippen molar-refractivity contribution < 1.29 is 72.0 Å². The standard InChI is InChI=1S/C21H27N5O9S2.C15H17N5O6S2/c1-9(2)33-21(30)35-10(3)34-19(29)15-11(6-31-4)7-36-18-14(17(28)26(15)18)24-16(27)13(25-32-5)12-8-37-20(22)23-12;1-25-3-6-4-27-13-9(12(22)20(13)10(6)14(23)24)18-11(21)8(19-26-2)7-5-28-15(16)17-7/h8-10,14,18H,6-7H2,1-5H3,(H2,22,23)(H,24,27);5,9,13H,3-4H2,1-2H3,(H2,16,17)(H,18,21)(H,23,24)/b25-13-;19-8-/t10?,14-,18-;9-,13-/m11/s1. The Balaban J connectivity index is 0.000000253. The van der Waals surface area contributed by atoms with Crippen LogP contribution in [0.25, 0.3) is 0 Å². The van der Waals surface area contributed by atoms with Crippen molar-refractivity contribution in [1.29, 1.82) is 0 Å². The molecule has 2 fully saturated rings. The van der Waals surface area contributed by atoms with Gasteiger partial charge in [0.15, 0.2) is 21.7 Å². The van der Waals surface area contributed by atoms with Crippen LogP contribution in [0, 0.1) is 0 Å². The number of esters is 1. The number of aliphatic carboxylic acids is 1. The number of thioether (sulfide) groups is 2. The number of fused-ring (bicyclic) bond motifs is 2. The molecule has 2 aromatic heterocycles. The number of carboxylic acid groups (broad SMARTS) is 1. The second kappa shape index (κ2) is 22.3. The fraction of sp³-hybridized carbons (Fsp3) is 0.472. The zero-order valence-electron chi connectivity index (χ0n) is 35.6. The number of oxime groups is 2. The van der Waals surface area contributed by atoms with Crippen molar-refractivity contribution in [3.8, 4) is 0 Å². The molecule has 4 aliphatic heterocycles. The highest BCUT2D eigenvalue weighted by atomic mass is 32.2. The number of ether oxygens (including phenoxy) is 5. The minimum Gasteiger partial charge on any atom is -0.477 e. The Morgan fingerprint density at radius 3 is 1.58 bits per heavy atom. The van der Waals surface area contributed by atoms with Crippen LogP contribution < -0.4 is 22.1 Å². The fourth-order valence-electron chi connectivity index (χ4n) is 6.32. The van der Waals surface area contributed by atoms with Crippen molar-refractivity contribution in [3.63, 3.8) is 0 Å². The first-order valence-corrected chi connectivity index (χ1v) is 22.7. The third-order valence-electron chi connectivity index (χ3n) is 8.89. The lowest BCUT2D eigenvalue weighted by Crippen LogP contribution is -2.71. The number of rotatable bonds is 17. The van der Waals surface area contributed by atoms with Crippen molar-refractivity contribution in [3.05, 3.63) is 44.7 Å². The molecule has 0 spiro atoms. The number of carbonyl (C=O) groups is 7. The van der Waals surface area contributed by atoms with Gasteiger partial charge in [0.2, 0.25) is 6.29 Å². The van der Waals surface area contributed by atoms with Gasteiger partial charge in [-0.3, -0.25) is 29.0 Å². The number of hydrogen-bond acceptors (Lipinski definition) is 24. The molecule has 0 saturated carbocycles. The summed E-state index contributed by atoms with van der Waals surface area (Å²) in [4.78, 5) is 107. The largest absolute Gasteiger partial charge is 0.511 e. The molecule has 4 amide bonds. The van der Waals surface area contributed by atoms with E-state index in [2.05, 4.69) is 30.9 Å². The Labute approximate surface area is 386 Å². The number of nitrogens with zero attached hydrogens (tertiary/aromatic N) is 6. The van der Waals surface area contributed by atoms with Gasteiger partial charge >= 0.3 is 18.1 Å². The number of aromatic nitrogens is 2. The number of nitrogen functional groups attached to an aromatic ring is 2. The van der Waals surface area contributed by atoms with Crippen LogP contribution in [-0.4, -0.2) is 166 Å². The number of hydrogen-bond donors (Lipinski definition) is 5. The average molecular weight is 985 g/mol. The van der Waals surface area contributed by atoms with Gasteiger partial charge in [0.1, 0.15) is 59.8 Å². The predicted octanol–water partition coefficient (Wildman–Crippen LogP) is 0.288. The molecule has 5 atom stereocenters. The summed E-state index contributed by atoms with van der Waals surface area (Å²) < 4.78 is 25.2. The van der Waals surface area contributed by atoms with E-state index in [1.54, 1.807) is 19.2 Å². The van der Waals surface area contributed by atoms with Crippen LogP contribution in [0.5, 0.6) is 0 Å². The summed E-state index contributed by atoms with van der Waals surface area (Å²) in [5, 5.41) is 24.5. The SMILES string of the molecule is COCC1=C(C(=O)O)N2C(=O)[C@@H](NC(=O)/C(=N\OC)c3csc(N)n3)[C@H]2SC1.COCC1=C(C(=O)OC(C)OC(=O)OC(C)C)N2C(=O)[C@@H](NC(=O)/C(=N\OC)c3csc(N)n3)[C@H]2SC1. The van der Waals surface area contributed by atoms with Gasteiger partial charge in [0.25, 0.3) is 23.6 Å². The van der Waals surface area contributed by atoms with Gasteiger partial charge < -0.3 is 60.6 Å². The number of carbonyl (C=O) groups excluding carboxylic acids is 6. The molecular weight excluding hydrogens is 941 g/mol. The Morgan fingerprint density at radius 2 is 1.20 bits per heavy atom. The molecule has 6 heterocycles. The first-order valence-electron chi connectivity index (χ1n) is 18.9. The van der Waals surface area contributed by atoms with Crippen LogP contribution in [0.2, 0.25) is 0 Å². The third kappa shape index (κ3) is 11.5. The van der Waals surface area contributed by atoms with Crippen molar-refractivity contribution in [1.82, 2.24) is 30.4 Å². The Bertz CT molecular complexity index is 2310. The van der Waals surface area contributed by atoms with Crippen molar-refractivity contribution >= 4 is 110 Å². The molecule has 6 rings (SSSR count). The molecule has 2 aromatic rings. The second-order valence-corrected chi connectivity index (χ2v) is 17.7. The number of nitrogens with two attached hydrogens (primary N) is 2. The van der Waals surface area contributed by atoms with Gasteiger partial charge in [0.05, 0.1) is 19.3 Å². The first-order chi connectivity index (χ1) is 30.9. The van der Waals surface area contributed by atoms with E-state index in [0.717, 1.165) is 22.7 Å². The molecule has 29 heteroatoms. The number of nitrogens with one attached hydrogen (secondary N) is 2. The van der Waals surface area contributed by atoms with Crippen LogP contribution >= 0.6 is 46.2 Å². The van der Waals surface area contributed by atoms with Crippen LogP contribution in [0.3, 0.4) is 0 Å². The van der Waals surface area contributed by atoms with Gasteiger partial charge in [-0.05, 0) is 25.0 Å². The van der Waals surface area contributed by atoms with Crippen LogP contribution in [0.15, 0.2) is 43.6 Å². The molecular formula is C36H44N10O15S4. The Morgan fingerprint density at radius 1 is 0.754 bits per heavy atom. The lowest BCUT2D eigenvalue weighted by molar-refractivity contribution is -0.169. The van der Waals surface area contributed by atoms with Gasteiger partial charge in [-0.2, -0.15) is 0 Å². The maximum Gasteiger partial charge on any atom is 0.511 e. The summed E-state index contributed by atoms with van der Waals surface area (Å²) in [7, 11) is 5.44. The molecule has 2 saturated heterocycles. The number of methoxy groups -OCH3 is 2. The quantitative estimate of drug-likeness (QED) is 0.0467. The first kappa shape index (κ1) is 50.0. The fourth-order valence-corrected chi connectivity index (χ4v) is 10.1. The highest BCUT2D eigenvalue weighted by molar-refractivity contribution is 8.00. The van der Waals surface area contributed by atoms with E-state index in [4.69, 9.17) is 44.8 Å². The number of carboxylic acids is 1. The Hall–Kier alpha value is -6.01. The zero-order valence-corrected chi connectivity index (χ0v) is 38.8. The molecule has 0 aromatic carbocycles. The smallest absolute Gasteiger partial charge is 0.477 e. The van der Waals surface area contributed by atoms with E-state index in [9.17, 15) is 38.7 Å². The summed E-state index contributed by atoms with van der Waals surface area (Å²) in [5.41, 5.74) is 12.2. The van der Waals surface area contributed by atoms with Crippen molar-refractivity contribution in [2.75, 3.05) is 64.6 Å². The maximum atomic E-state index is 13.1. The van der Waals surface area contributed by atoms with E-state index >= 15 is 0 Å². The number of anilines is 2.